The lowest BCUT2D eigenvalue weighted by Crippen LogP contribution is -2.01. The van der Waals surface area contributed by atoms with Crippen LogP contribution in [0, 0.1) is 11.3 Å². The minimum absolute atomic E-state index is 0.411. The van der Waals surface area contributed by atoms with Gasteiger partial charge in [0.25, 0.3) is 0 Å². The predicted octanol–water partition coefficient (Wildman–Crippen LogP) is 6.11. The molecule has 0 aliphatic carbocycles. The van der Waals surface area contributed by atoms with E-state index in [9.17, 15) is 10.1 Å². The van der Waals surface area contributed by atoms with Crippen LogP contribution in [-0.2, 0) is 4.74 Å². The van der Waals surface area contributed by atoms with Gasteiger partial charge in [-0.1, -0.05) is 37.2 Å². The summed E-state index contributed by atoms with van der Waals surface area (Å²) in [6.45, 7) is 2.18. The monoisotopic (exact) mass is 455 g/mol. The number of nitrogens with zero attached hydrogens (tertiary/aromatic N) is 3. The average molecular weight is 456 g/mol. The molecule has 0 bridgehead atoms. The van der Waals surface area contributed by atoms with E-state index in [1.807, 2.05) is 29.3 Å². The summed E-state index contributed by atoms with van der Waals surface area (Å²) in [6, 6.07) is 11.3. The summed E-state index contributed by atoms with van der Waals surface area (Å²) in [5.74, 6) is 0.678. The second-order valence-corrected chi connectivity index (χ2v) is 9.61. The van der Waals surface area contributed by atoms with E-state index in [-0.39, 0.29) is 0 Å². The van der Waals surface area contributed by atoms with Crippen LogP contribution in [0.2, 0.25) is 0 Å². The van der Waals surface area contributed by atoms with Crippen molar-refractivity contribution in [1.29, 1.82) is 5.26 Å². The SMILES string of the molecule is CCCCSCSc1nc(-c2nccs2)cc(-c2cccc(C(=O)OC)c2)c1C#N. The molecule has 0 amide bonds. The summed E-state index contributed by atoms with van der Waals surface area (Å²) in [5, 5.41) is 14.1. The van der Waals surface area contributed by atoms with Crippen LogP contribution in [0.5, 0.6) is 0 Å². The summed E-state index contributed by atoms with van der Waals surface area (Å²) < 4.78 is 4.84. The molecule has 2 heterocycles. The summed E-state index contributed by atoms with van der Waals surface area (Å²) in [6.07, 6.45) is 4.08. The van der Waals surface area contributed by atoms with E-state index in [4.69, 9.17) is 9.72 Å². The number of thiazole rings is 1. The summed E-state index contributed by atoms with van der Waals surface area (Å²) in [5.41, 5.74) is 3.19. The second kappa shape index (κ2) is 11.2. The van der Waals surface area contributed by atoms with Gasteiger partial charge in [0.2, 0.25) is 0 Å². The predicted molar refractivity (Wildman–Crippen MR) is 125 cm³/mol. The molecule has 3 rings (SSSR count). The number of ether oxygens (including phenoxy) is 1. The largest absolute Gasteiger partial charge is 0.465 e. The number of carbonyl (C=O) groups is 1. The molecule has 1 aromatic carbocycles. The Morgan fingerprint density at radius 3 is 2.90 bits per heavy atom. The van der Waals surface area contributed by atoms with E-state index in [2.05, 4.69) is 18.0 Å². The highest BCUT2D eigenvalue weighted by Gasteiger charge is 2.18. The van der Waals surface area contributed by atoms with Crippen LogP contribution < -0.4 is 0 Å². The zero-order valence-corrected chi connectivity index (χ0v) is 19.2. The number of thioether (sulfide) groups is 2. The van der Waals surface area contributed by atoms with Gasteiger partial charge in [0, 0.05) is 22.2 Å². The Hall–Kier alpha value is -2.34. The minimum atomic E-state index is -0.411. The number of hydrogen-bond donors (Lipinski definition) is 0. The molecule has 0 fully saturated rings. The van der Waals surface area contributed by atoms with Gasteiger partial charge in [-0.2, -0.15) is 17.0 Å². The first-order valence-electron chi connectivity index (χ1n) is 9.42. The molecule has 5 nitrogen and oxygen atoms in total. The highest BCUT2D eigenvalue weighted by Crippen LogP contribution is 2.36. The van der Waals surface area contributed by atoms with Gasteiger partial charge in [-0.05, 0) is 35.9 Å². The molecule has 30 heavy (non-hydrogen) atoms. The third-order valence-corrected chi connectivity index (χ3v) is 7.35. The molecule has 2 aromatic heterocycles. The zero-order chi connectivity index (χ0) is 21.3. The lowest BCUT2D eigenvalue weighted by atomic mass is 9.99. The summed E-state index contributed by atoms with van der Waals surface area (Å²) in [4.78, 5) is 21.1. The lowest BCUT2D eigenvalue weighted by molar-refractivity contribution is 0.0601. The molecule has 0 aliphatic heterocycles. The van der Waals surface area contributed by atoms with Crippen molar-refractivity contribution >= 4 is 40.8 Å². The number of unbranched alkanes of at least 4 members (excludes halogenated alkanes) is 1. The Morgan fingerprint density at radius 1 is 1.33 bits per heavy atom. The van der Waals surface area contributed by atoms with Crippen LogP contribution in [0.15, 0.2) is 46.9 Å². The van der Waals surface area contributed by atoms with Gasteiger partial charge in [0.15, 0.2) is 0 Å². The topological polar surface area (TPSA) is 75.9 Å². The van der Waals surface area contributed by atoms with Gasteiger partial charge in [-0.25, -0.2) is 14.8 Å². The van der Waals surface area contributed by atoms with Crippen LogP contribution in [0.25, 0.3) is 21.8 Å². The van der Waals surface area contributed by atoms with Crippen molar-refractivity contribution in [2.45, 2.75) is 24.8 Å². The van der Waals surface area contributed by atoms with Crippen molar-refractivity contribution in [3.63, 3.8) is 0 Å². The Morgan fingerprint density at radius 2 is 2.20 bits per heavy atom. The summed E-state index contributed by atoms with van der Waals surface area (Å²) >= 11 is 4.92. The van der Waals surface area contributed by atoms with Crippen molar-refractivity contribution in [3.05, 3.63) is 53.0 Å². The number of esters is 1. The molecule has 154 valence electrons. The molecule has 0 saturated carbocycles. The molecular formula is C22H21N3O2S3. The maximum Gasteiger partial charge on any atom is 0.337 e. The first-order valence-corrected chi connectivity index (χ1v) is 12.4. The van der Waals surface area contributed by atoms with E-state index in [0.29, 0.717) is 16.2 Å². The number of methoxy groups -OCH3 is 1. The van der Waals surface area contributed by atoms with E-state index in [0.717, 1.165) is 32.7 Å². The van der Waals surface area contributed by atoms with Crippen molar-refractivity contribution in [2.24, 2.45) is 0 Å². The van der Waals surface area contributed by atoms with Crippen LogP contribution in [0.3, 0.4) is 0 Å². The van der Waals surface area contributed by atoms with Crippen molar-refractivity contribution in [2.75, 3.05) is 17.9 Å². The molecular weight excluding hydrogens is 434 g/mol. The highest BCUT2D eigenvalue weighted by molar-refractivity contribution is 8.15. The van der Waals surface area contributed by atoms with Crippen molar-refractivity contribution < 1.29 is 9.53 Å². The number of benzene rings is 1. The standard InChI is InChI=1S/C22H21N3O2S3/c1-3-4-9-28-14-30-20-18(13-23)17(12-19(25-20)21-24-8-10-29-21)15-6-5-7-16(11-15)22(26)27-2/h5-8,10-12H,3-4,9,14H2,1-2H3. The van der Waals surface area contributed by atoms with Gasteiger partial charge in [0.1, 0.15) is 21.8 Å². The fourth-order valence-electron chi connectivity index (χ4n) is 2.76. The maximum atomic E-state index is 12.0. The highest BCUT2D eigenvalue weighted by atomic mass is 32.2. The van der Waals surface area contributed by atoms with E-state index >= 15 is 0 Å². The third kappa shape index (κ3) is 5.42. The number of carbonyl (C=O) groups excluding carboxylic acids is 1. The number of hydrogen-bond acceptors (Lipinski definition) is 8. The van der Waals surface area contributed by atoms with Crippen LogP contribution in [-0.4, -0.2) is 33.9 Å². The normalized spacial score (nSPS) is 10.6. The number of rotatable bonds is 9. The molecule has 0 atom stereocenters. The quantitative estimate of drug-likeness (QED) is 0.167. The Kier molecular flexibility index (Phi) is 8.31. The first kappa shape index (κ1) is 22.3. The van der Waals surface area contributed by atoms with Crippen LogP contribution in [0.4, 0.5) is 0 Å². The Labute approximate surface area is 188 Å². The third-order valence-electron chi connectivity index (χ3n) is 4.27. The van der Waals surface area contributed by atoms with Crippen molar-refractivity contribution in [3.8, 4) is 27.9 Å². The fraction of sp³-hybridized carbons (Fsp3) is 0.273. The molecule has 0 unspecified atom stereocenters. The molecule has 3 aromatic rings. The smallest absolute Gasteiger partial charge is 0.337 e. The molecule has 8 heteroatoms. The summed E-state index contributed by atoms with van der Waals surface area (Å²) in [7, 11) is 1.35. The van der Waals surface area contributed by atoms with E-state index in [1.165, 1.54) is 31.3 Å². The van der Waals surface area contributed by atoms with Gasteiger partial charge >= 0.3 is 5.97 Å². The van der Waals surface area contributed by atoms with Gasteiger partial charge in [0.05, 0.1) is 18.2 Å². The zero-order valence-electron chi connectivity index (χ0n) is 16.8. The number of nitriles is 1. The Bertz CT molecular complexity index is 1050. The van der Waals surface area contributed by atoms with Gasteiger partial charge in [-0.3, -0.25) is 0 Å². The molecule has 0 aliphatic rings. The molecule has 0 spiro atoms. The molecule has 0 radical (unpaired) electrons. The Balaban J connectivity index is 2.05. The van der Waals surface area contributed by atoms with Crippen LogP contribution >= 0.6 is 34.9 Å². The lowest BCUT2D eigenvalue weighted by Gasteiger charge is -2.12. The van der Waals surface area contributed by atoms with Crippen molar-refractivity contribution in [1.82, 2.24) is 9.97 Å². The van der Waals surface area contributed by atoms with Crippen LogP contribution in [0.1, 0.15) is 35.7 Å². The maximum absolute atomic E-state index is 12.0. The van der Waals surface area contributed by atoms with Gasteiger partial charge in [-0.15, -0.1) is 11.3 Å². The van der Waals surface area contributed by atoms with Gasteiger partial charge < -0.3 is 4.74 Å². The fourth-order valence-corrected chi connectivity index (χ4v) is 5.56. The molecule has 0 N–H and O–H groups in total. The number of aromatic nitrogens is 2. The number of pyridine rings is 1. The molecule has 0 saturated heterocycles. The van der Waals surface area contributed by atoms with E-state index < -0.39 is 5.97 Å². The van der Waals surface area contributed by atoms with E-state index in [1.54, 1.807) is 36.2 Å². The minimum Gasteiger partial charge on any atom is -0.465 e. The second-order valence-electron chi connectivity index (χ2n) is 6.28. The average Bonchev–Trinajstić information content (AvgIpc) is 3.33. The first-order chi connectivity index (χ1) is 14.7.